The molecule has 0 unspecified atom stereocenters. The van der Waals surface area contributed by atoms with Crippen molar-refractivity contribution in [2.24, 2.45) is 0 Å². The van der Waals surface area contributed by atoms with Gasteiger partial charge in [0.1, 0.15) is 0 Å². The van der Waals surface area contributed by atoms with Crippen molar-refractivity contribution in [3.63, 3.8) is 0 Å². The fraction of sp³-hybridized carbons (Fsp3) is 0.267. The zero-order valence-corrected chi connectivity index (χ0v) is 12.2. The first kappa shape index (κ1) is 14.6. The molecule has 0 saturated carbocycles. The van der Waals surface area contributed by atoms with Gasteiger partial charge >= 0.3 is 6.03 Å². The fourth-order valence-corrected chi connectivity index (χ4v) is 2.49. The van der Waals surface area contributed by atoms with Crippen molar-refractivity contribution in [2.45, 2.75) is 6.54 Å². The zero-order valence-electron chi connectivity index (χ0n) is 11.4. The maximum absolute atomic E-state index is 12.3. The van der Waals surface area contributed by atoms with Gasteiger partial charge in [0.05, 0.1) is 13.2 Å². The van der Waals surface area contributed by atoms with E-state index in [-0.39, 0.29) is 6.03 Å². The van der Waals surface area contributed by atoms with Crippen LogP contribution >= 0.6 is 11.3 Å². The largest absolute Gasteiger partial charge is 0.383 e. The lowest BCUT2D eigenvalue weighted by molar-refractivity contribution is 0.153. The van der Waals surface area contributed by atoms with E-state index in [0.29, 0.717) is 19.7 Å². The second kappa shape index (κ2) is 7.67. The van der Waals surface area contributed by atoms with Crippen molar-refractivity contribution < 1.29 is 9.53 Å². The van der Waals surface area contributed by atoms with E-state index in [2.05, 4.69) is 5.32 Å². The Morgan fingerprint density at radius 3 is 2.70 bits per heavy atom. The lowest BCUT2D eigenvalue weighted by atomic mass is 10.3. The Morgan fingerprint density at radius 1 is 1.25 bits per heavy atom. The topological polar surface area (TPSA) is 41.6 Å². The Bertz CT molecular complexity index is 514. The van der Waals surface area contributed by atoms with Gasteiger partial charge in [-0.25, -0.2) is 4.79 Å². The molecule has 0 aliphatic rings. The van der Waals surface area contributed by atoms with Gasteiger partial charge in [-0.05, 0) is 23.6 Å². The number of thiophene rings is 1. The third kappa shape index (κ3) is 4.36. The van der Waals surface area contributed by atoms with Crippen LogP contribution in [0.15, 0.2) is 47.8 Å². The van der Waals surface area contributed by atoms with Gasteiger partial charge in [0.2, 0.25) is 0 Å². The highest BCUT2D eigenvalue weighted by Crippen LogP contribution is 2.13. The second-order valence-electron chi connectivity index (χ2n) is 4.29. The van der Waals surface area contributed by atoms with Crippen molar-refractivity contribution in [2.75, 3.05) is 25.6 Å². The molecule has 1 heterocycles. The molecule has 2 aromatic rings. The number of methoxy groups -OCH3 is 1. The zero-order chi connectivity index (χ0) is 14.2. The third-order valence-corrected chi connectivity index (χ3v) is 3.67. The number of rotatable bonds is 6. The maximum Gasteiger partial charge on any atom is 0.322 e. The average Bonchev–Trinajstić information content (AvgIpc) is 2.97. The van der Waals surface area contributed by atoms with E-state index in [4.69, 9.17) is 4.74 Å². The third-order valence-electron chi connectivity index (χ3n) is 2.80. The summed E-state index contributed by atoms with van der Waals surface area (Å²) in [4.78, 5) is 15.2. The van der Waals surface area contributed by atoms with E-state index in [1.54, 1.807) is 23.3 Å². The highest BCUT2D eigenvalue weighted by Gasteiger charge is 2.14. The minimum absolute atomic E-state index is 0.110. The first-order valence-corrected chi connectivity index (χ1v) is 7.30. The molecule has 0 spiro atoms. The molecule has 0 aliphatic heterocycles. The highest BCUT2D eigenvalue weighted by atomic mass is 32.1. The van der Waals surface area contributed by atoms with Crippen LogP contribution in [0.4, 0.5) is 10.5 Å². The van der Waals surface area contributed by atoms with Gasteiger partial charge in [-0.1, -0.05) is 24.3 Å². The van der Waals surface area contributed by atoms with Gasteiger partial charge in [-0.2, -0.15) is 0 Å². The summed E-state index contributed by atoms with van der Waals surface area (Å²) in [6.45, 7) is 1.68. The molecule has 1 aromatic carbocycles. The molecule has 0 radical (unpaired) electrons. The number of hydrogen-bond acceptors (Lipinski definition) is 3. The Morgan fingerprint density at radius 2 is 2.05 bits per heavy atom. The quantitative estimate of drug-likeness (QED) is 0.885. The summed E-state index contributed by atoms with van der Waals surface area (Å²) in [7, 11) is 1.64. The van der Waals surface area contributed by atoms with Crippen LogP contribution in [0, 0.1) is 0 Å². The lowest BCUT2D eigenvalue weighted by Crippen LogP contribution is -2.36. The summed E-state index contributed by atoms with van der Waals surface area (Å²) >= 11 is 1.65. The molecule has 4 nitrogen and oxygen atoms in total. The molecule has 5 heteroatoms. The number of carbonyl (C=O) groups is 1. The Labute approximate surface area is 123 Å². The van der Waals surface area contributed by atoms with Crippen molar-refractivity contribution in [3.8, 4) is 0 Å². The number of benzene rings is 1. The van der Waals surface area contributed by atoms with Crippen LogP contribution in [-0.4, -0.2) is 31.2 Å². The summed E-state index contributed by atoms with van der Waals surface area (Å²) in [6, 6.07) is 13.4. The Kier molecular flexibility index (Phi) is 5.58. The molecular weight excluding hydrogens is 272 g/mol. The molecule has 106 valence electrons. The number of hydrogen-bond donors (Lipinski definition) is 1. The van der Waals surface area contributed by atoms with E-state index in [0.717, 1.165) is 10.6 Å². The summed E-state index contributed by atoms with van der Waals surface area (Å²) < 4.78 is 5.07. The predicted molar refractivity (Wildman–Crippen MR) is 82.1 cm³/mol. The fourth-order valence-electron chi connectivity index (χ4n) is 1.77. The first-order valence-electron chi connectivity index (χ1n) is 6.42. The minimum atomic E-state index is -0.110. The van der Waals surface area contributed by atoms with Gasteiger partial charge in [0.25, 0.3) is 0 Å². The van der Waals surface area contributed by atoms with Crippen LogP contribution in [-0.2, 0) is 11.3 Å². The molecule has 2 amide bonds. The summed E-state index contributed by atoms with van der Waals surface area (Å²) in [5.74, 6) is 0. The number of amides is 2. The van der Waals surface area contributed by atoms with Crippen molar-refractivity contribution >= 4 is 23.1 Å². The molecular formula is C15H18N2O2S. The molecule has 1 N–H and O–H groups in total. The molecule has 0 saturated heterocycles. The monoisotopic (exact) mass is 290 g/mol. The summed E-state index contributed by atoms with van der Waals surface area (Å²) in [5, 5.41) is 4.91. The van der Waals surface area contributed by atoms with Crippen molar-refractivity contribution in [1.82, 2.24) is 4.90 Å². The van der Waals surface area contributed by atoms with Gasteiger partial charge in [0.15, 0.2) is 0 Å². The Balaban J connectivity index is 1.99. The molecule has 1 aromatic heterocycles. The van der Waals surface area contributed by atoms with Crippen molar-refractivity contribution in [3.05, 3.63) is 52.7 Å². The van der Waals surface area contributed by atoms with E-state index >= 15 is 0 Å². The maximum atomic E-state index is 12.3. The van der Waals surface area contributed by atoms with Gasteiger partial charge in [0, 0.05) is 24.2 Å². The van der Waals surface area contributed by atoms with Crippen LogP contribution in [0.2, 0.25) is 0 Å². The molecule has 0 fully saturated rings. The summed E-state index contributed by atoms with van der Waals surface area (Å²) in [5.41, 5.74) is 0.797. The van der Waals surface area contributed by atoms with Crippen LogP contribution in [0.1, 0.15) is 4.88 Å². The van der Waals surface area contributed by atoms with Gasteiger partial charge in [-0.3, -0.25) is 0 Å². The number of nitrogens with one attached hydrogen (secondary N) is 1. The normalized spacial score (nSPS) is 10.2. The number of para-hydroxylation sites is 1. The smallest absolute Gasteiger partial charge is 0.322 e. The van der Waals surface area contributed by atoms with Gasteiger partial charge < -0.3 is 15.0 Å². The Hall–Kier alpha value is -1.85. The van der Waals surface area contributed by atoms with E-state index in [9.17, 15) is 4.79 Å². The van der Waals surface area contributed by atoms with Crippen LogP contribution in [0.5, 0.6) is 0 Å². The van der Waals surface area contributed by atoms with E-state index < -0.39 is 0 Å². The number of anilines is 1. The number of carbonyl (C=O) groups excluding carboxylic acids is 1. The van der Waals surface area contributed by atoms with E-state index in [1.165, 1.54) is 0 Å². The van der Waals surface area contributed by atoms with Crippen LogP contribution < -0.4 is 5.32 Å². The van der Waals surface area contributed by atoms with Crippen molar-refractivity contribution in [1.29, 1.82) is 0 Å². The number of nitrogens with zero attached hydrogens (tertiary/aromatic N) is 1. The van der Waals surface area contributed by atoms with E-state index in [1.807, 2.05) is 47.8 Å². The number of urea groups is 1. The number of ether oxygens (including phenoxy) is 1. The summed E-state index contributed by atoms with van der Waals surface area (Å²) in [6.07, 6.45) is 0. The first-order chi connectivity index (χ1) is 9.79. The average molecular weight is 290 g/mol. The second-order valence-corrected chi connectivity index (χ2v) is 5.32. The predicted octanol–water partition coefficient (Wildman–Crippen LogP) is 3.43. The highest BCUT2D eigenvalue weighted by molar-refractivity contribution is 7.09. The molecule has 0 aliphatic carbocycles. The lowest BCUT2D eigenvalue weighted by Gasteiger charge is -2.22. The van der Waals surface area contributed by atoms with Gasteiger partial charge in [-0.15, -0.1) is 11.3 Å². The standard InChI is InChI=1S/C15H18N2O2S/c1-19-10-9-17(12-14-8-5-11-20-14)15(18)16-13-6-3-2-4-7-13/h2-8,11H,9-10,12H2,1H3,(H,16,18). The molecule has 20 heavy (non-hydrogen) atoms. The van der Waals surface area contributed by atoms with Crippen LogP contribution in [0.3, 0.4) is 0 Å². The molecule has 0 bridgehead atoms. The van der Waals surface area contributed by atoms with Crippen LogP contribution in [0.25, 0.3) is 0 Å². The molecule has 2 rings (SSSR count). The minimum Gasteiger partial charge on any atom is -0.383 e. The SMILES string of the molecule is COCCN(Cc1cccs1)C(=O)Nc1ccccc1. The molecule has 0 atom stereocenters.